The summed E-state index contributed by atoms with van der Waals surface area (Å²) >= 11 is 0. The number of nitrogens with zero attached hydrogens (tertiary/aromatic N) is 2. The lowest BCUT2D eigenvalue weighted by Gasteiger charge is -2.35. The Morgan fingerprint density at radius 3 is 2.73 bits per heavy atom. The van der Waals surface area contributed by atoms with Gasteiger partial charge in [0.05, 0.1) is 6.20 Å². The minimum Gasteiger partial charge on any atom is -0.445 e. The minimum absolute atomic E-state index is 0.656. The Hall–Kier alpha value is -1.61. The van der Waals surface area contributed by atoms with Crippen LogP contribution < -0.4 is 0 Å². The third-order valence-electron chi connectivity index (χ3n) is 4.66. The molecular weight excluding hydrogens is 272 g/mol. The number of oxazole rings is 1. The van der Waals surface area contributed by atoms with Gasteiger partial charge in [-0.2, -0.15) is 0 Å². The molecule has 0 N–H and O–H groups in total. The Morgan fingerprint density at radius 2 is 2.05 bits per heavy atom. The Kier molecular flexibility index (Phi) is 4.94. The molecule has 0 bridgehead atoms. The monoisotopic (exact) mass is 298 g/mol. The molecule has 0 spiro atoms. The zero-order valence-corrected chi connectivity index (χ0v) is 13.7. The summed E-state index contributed by atoms with van der Waals surface area (Å²) in [5.74, 6) is 0.759. The Labute approximate surface area is 133 Å². The maximum atomic E-state index is 5.55. The van der Waals surface area contributed by atoms with Gasteiger partial charge in [-0.15, -0.1) is 0 Å². The Bertz CT molecular complexity index is 585. The summed E-state index contributed by atoms with van der Waals surface area (Å²) in [6.45, 7) is 6.96. The van der Waals surface area contributed by atoms with Gasteiger partial charge < -0.3 is 9.32 Å². The molecule has 118 valence electrons. The first-order chi connectivity index (χ1) is 10.8. The highest BCUT2D eigenvalue weighted by atomic mass is 16.3. The van der Waals surface area contributed by atoms with Crippen molar-refractivity contribution in [3.8, 4) is 11.5 Å². The number of benzene rings is 1. The molecule has 0 fully saturated rings. The number of hydrogen-bond donors (Lipinski definition) is 0. The van der Waals surface area contributed by atoms with Crippen LogP contribution in [0.5, 0.6) is 0 Å². The average Bonchev–Trinajstić information content (AvgIpc) is 3.08. The number of aryl methyl sites for hydroxylation is 1. The van der Waals surface area contributed by atoms with Crippen LogP contribution in [0.3, 0.4) is 0 Å². The van der Waals surface area contributed by atoms with Gasteiger partial charge in [-0.05, 0) is 62.4 Å². The van der Waals surface area contributed by atoms with Gasteiger partial charge in [-0.25, -0.2) is 4.98 Å². The molecule has 0 aliphatic heterocycles. The fourth-order valence-electron chi connectivity index (χ4n) is 3.69. The summed E-state index contributed by atoms with van der Waals surface area (Å²) in [4.78, 5) is 7.03. The Morgan fingerprint density at radius 1 is 1.23 bits per heavy atom. The van der Waals surface area contributed by atoms with Crippen molar-refractivity contribution in [2.24, 2.45) is 0 Å². The molecule has 3 rings (SSSR count). The van der Waals surface area contributed by atoms with Crippen LogP contribution in [-0.4, -0.2) is 29.0 Å². The van der Waals surface area contributed by atoms with Crippen LogP contribution in [0.25, 0.3) is 11.5 Å². The number of hydrogen-bond acceptors (Lipinski definition) is 3. The zero-order chi connectivity index (χ0) is 15.4. The summed E-state index contributed by atoms with van der Waals surface area (Å²) in [5.41, 5.74) is 4.10. The van der Waals surface area contributed by atoms with Crippen molar-refractivity contribution >= 4 is 0 Å². The van der Waals surface area contributed by atoms with Gasteiger partial charge in [0.2, 0.25) is 5.89 Å². The van der Waals surface area contributed by atoms with Crippen LogP contribution in [-0.2, 0) is 12.8 Å². The van der Waals surface area contributed by atoms with E-state index in [-0.39, 0.29) is 0 Å². The van der Waals surface area contributed by atoms with E-state index in [0.717, 1.165) is 12.3 Å². The van der Waals surface area contributed by atoms with Crippen LogP contribution in [0, 0.1) is 0 Å². The van der Waals surface area contributed by atoms with Crippen molar-refractivity contribution in [2.45, 2.75) is 52.0 Å². The van der Waals surface area contributed by atoms with Crippen molar-refractivity contribution in [2.75, 3.05) is 13.1 Å². The molecule has 0 amide bonds. The summed E-state index contributed by atoms with van der Waals surface area (Å²) in [6, 6.07) is 7.21. The van der Waals surface area contributed by atoms with Crippen molar-refractivity contribution in [3.63, 3.8) is 0 Å². The topological polar surface area (TPSA) is 29.3 Å². The minimum atomic E-state index is 0.656. The van der Waals surface area contributed by atoms with Crippen LogP contribution >= 0.6 is 0 Å². The maximum absolute atomic E-state index is 5.55. The molecule has 0 saturated carbocycles. The summed E-state index contributed by atoms with van der Waals surface area (Å²) in [5, 5.41) is 0. The van der Waals surface area contributed by atoms with E-state index in [4.69, 9.17) is 4.42 Å². The zero-order valence-electron chi connectivity index (χ0n) is 13.7. The van der Waals surface area contributed by atoms with Gasteiger partial charge >= 0.3 is 0 Å². The largest absolute Gasteiger partial charge is 0.445 e. The van der Waals surface area contributed by atoms with Crippen molar-refractivity contribution in [1.29, 1.82) is 0 Å². The second-order valence-corrected chi connectivity index (χ2v) is 6.21. The number of aromatic nitrogens is 1. The molecular formula is C19H26N2O. The van der Waals surface area contributed by atoms with E-state index in [1.807, 2.05) is 0 Å². The fraction of sp³-hybridized carbons (Fsp3) is 0.526. The summed E-state index contributed by atoms with van der Waals surface area (Å²) in [7, 11) is 0. The molecule has 1 aromatic heterocycles. The second-order valence-electron chi connectivity index (χ2n) is 6.21. The first kappa shape index (κ1) is 15.3. The predicted molar refractivity (Wildman–Crippen MR) is 89.9 cm³/mol. The van der Waals surface area contributed by atoms with Gasteiger partial charge in [-0.1, -0.05) is 26.0 Å². The molecule has 1 aromatic carbocycles. The van der Waals surface area contributed by atoms with Gasteiger partial charge in [0.15, 0.2) is 0 Å². The van der Waals surface area contributed by atoms with E-state index in [9.17, 15) is 0 Å². The molecule has 1 aliphatic carbocycles. The number of fused-ring (bicyclic) bond motifs is 1. The van der Waals surface area contributed by atoms with Crippen LogP contribution in [0.1, 0.15) is 44.2 Å². The van der Waals surface area contributed by atoms with E-state index in [0.29, 0.717) is 6.04 Å². The highest BCUT2D eigenvalue weighted by Crippen LogP contribution is 2.32. The molecule has 0 saturated heterocycles. The van der Waals surface area contributed by atoms with E-state index >= 15 is 0 Å². The van der Waals surface area contributed by atoms with E-state index in [2.05, 4.69) is 41.9 Å². The third kappa shape index (κ3) is 3.09. The van der Waals surface area contributed by atoms with Crippen molar-refractivity contribution in [1.82, 2.24) is 9.88 Å². The Balaban J connectivity index is 1.88. The van der Waals surface area contributed by atoms with Crippen LogP contribution in [0.15, 0.2) is 35.1 Å². The molecule has 0 radical (unpaired) electrons. The van der Waals surface area contributed by atoms with E-state index in [1.54, 1.807) is 12.5 Å². The first-order valence-electron chi connectivity index (χ1n) is 8.58. The number of rotatable bonds is 6. The molecule has 1 unspecified atom stereocenters. The highest BCUT2D eigenvalue weighted by molar-refractivity contribution is 5.61. The molecule has 3 heteroatoms. The molecule has 3 nitrogen and oxygen atoms in total. The van der Waals surface area contributed by atoms with Gasteiger partial charge in [0.1, 0.15) is 6.26 Å². The quantitative estimate of drug-likeness (QED) is 0.795. The van der Waals surface area contributed by atoms with Gasteiger partial charge in [-0.3, -0.25) is 0 Å². The lowest BCUT2D eigenvalue weighted by Crippen LogP contribution is -2.40. The normalized spacial score (nSPS) is 17.7. The second kappa shape index (κ2) is 7.10. The summed E-state index contributed by atoms with van der Waals surface area (Å²) in [6.07, 6.45) is 9.40. The summed E-state index contributed by atoms with van der Waals surface area (Å²) < 4.78 is 5.55. The molecule has 1 heterocycles. The van der Waals surface area contributed by atoms with E-state index in [1.165, 1.54) is 55.5 Å². The first-order valence-corrected chi connectivity index (χ1v) is 8.58. The average molecular weight is 298 g/mol. The lowest BCUT2D eigenvalue weighted by molar-refractivity contribution is 0.180. The van der Waals surface area contributed by atoms with Crippen LogP contribution in [0.2, 0.25) is 0 Å². The molecule has 1 atom stereocenters. The fourth-order valence-corrected chi connectivity index (χ4v) is 3.69. The molecule has 2 aromatic rings. The molecule has 1 aliphatic rings. The third-order valence-corrected chi connectivity index (χ3v) is 4.66. The van der Waals surface area contributed by atoms with Crippen LogP contribution in [0.4, 0.5) is 0 Å². The van der Waals surface area contributed by atoms with E-state index < -0.39 is 0 Å². The maximum Gasteiger partial charge on any atom is 0.226 e. The predicted octanol–water partition coefficient (Wildman–Crippen LogP) is 4.32. The van der Waals surface area contributed by atoms with Crippen molar-refractivity contribution in [3.05, 3.63) is 41.8 Å². The smallest absolute Gasteiger partial charge is 0.226 e. The van der Waals surface area contributed by atoms with Gasteiger partial charge in [0, 0.05) is 11.6 Å². The van der Waals surface area contributed by atoms with Gasteiger partial charge in [0.25, 0.3) is 0 Å². The van der Waals surface area contributed by atoms with Crippen molar-refractivity contribution < 1.29 is 4.42 Å². The SMILES string of the molecule is CCCN(CCC)C1CCc2cccc(-c3ncco3)c2C1. The molecule has 22 heavy (non-hydrogen) atoms. The highest BCUT2D eigenvalue weighted by Gasteiger charge is 2.26. The standard InChI is InChI=1S/C19H26N2O/c1-3-11-21(12-4-2)16-9-8-15-6-5-7-17(18(15)14-16)19-20-10-13-22-19/h5-7,10,13,16H,3-4,8-9,11-12,14H2,1-2H3. The lowest BCUT2D eigenvalue weighted by atomic mass is 9.84.